The van der Waals surface area contributed by atoms with Gasteiger partial charge in [-0.2, -0.15) is 0 Å². The number of aliphatic hydroxyl groups excluding tert-OH is 1. The molecule has 122 valence electrons. The minimum atomic E-state index is -1.18. The second-order valence-electron chi connectivity index (χ2n) is 5.35. The maximum Gasteiger partial charge on any atom is 0.267 e. The first-order valence-corrected chi connectivity index (χ1v) is 7.39. The number of aliphatic hydroxyl groups is 1. The van der Waals surface area contributed by atoms with E-state index in [4.69, 9.17) is 0 Å². The molecule has 0 aliphatic carbocycles. The molecule has 5 nitrogen and oxygen atoms in total. The lowest BCUT2D eigenvalue weighted by Crippen LogP contribution is -2.30. The molecule has 1 unspecified atom stereocenters. The Labute approximate surface area is 136 Å². The van der Waals surface area contributed by atoms with Gasteiger partial charge in [0.2, 0.25) is 0 Å². The van der Waals surface area contributed by atoms with Crippen LogP contribution < -0.4 is 10.9 Å². The average molecular weight is 326 g/mol. The predicted molar refractivity (Wildman–Crippen MR) is 88.3 cm³/mol. The number of benzene rings is 2. The third kappa shape index (κ3) is 3.18. The average Bonchev–Trinajstić information content (AvgIpc) is 2.59. The summed E-state index contributed by atoms with van der Waals surface area (Å²) in [7, 11) is 0. The van der Waals surface area contributed by atoms with Crippen LogP contribution in [0.1, 0.15) is 22.2 Å². The summed E-state index contributed by atoms with van der Waals surface area (Å²) in [5.41, 5.74) is -0.183. The molecule has 0 radical (unpaired) electrons. The van der Waals surface area contributed by atoms with Crippen LogP contribution >= 0.6 is 0 Å². The highest BCUT2D eigenvalue weighted by molar-refractivity contribution is 5.96. The highest BCUT2D eigenvalue weighted by Crippen LogP contribution is 2.16. The van der Waals surface area contributed by atoms with Crippen molar-refractivity contribution in [1.82, 2.24) is 10.3 Å². The first-order chi connectivity index (χ1) is 11.6. The fraction of sp³-hybridized carbons (Fsp3) is 0.111. The van der Waals surface area contributed by atoms with Crippen LogP contribution in [0.5, 0.6) is 0 Å². The Bertz CT molecular complexity index is 952. The minimum absolute atomic E-state index is 0.0828. The number of amides is 1. The fourth-order valence-corrected chi connectivity index (χ4v) is 2.47. The summed E-state index contributed by atoms with van der Waals surface area (Å²) in [6.07, 6.45) is -1.18. The third-order valence-corrected chi connectivity index (χ3v) is 3.72. The third-order valence-electron chi connectivity index (χ3n) is 3.72. The topological polar surface area (TPSA) is 82.2 Å². The van der Waals surface area contributed by atoms with Crippen molar-refractivity contribution in [2.24, 2.45) is 0 Å². The van der Waals surface area contributed by atoms with Gasteiger partial charge >= 0.3 is 0 Å². The number of carbonyl (C=O) groups is 1. The molecule has 0 saturated carbocycles. The van der Waals surface area contributed by atoms with Crippen molar-refractivity contribution in [3.05, 3.63) is 82.0 Å². The molecule has 3 rings (SSSR count). The number of fused-ring (bicyclic) bond motifs is 1. The van der Waals surface area contributed by atoms with Gasteiger partial charge in [-0.15, -0.1) is 0 Å². The fourth-order valence-electron chi connectivity index (χ4n) is 2.47. The van der Waals surface area contributed by atoms with Crippen LogP contribution in [0, 0.1) is 5.82 Å². The molecule has 1 heterocycles. The van der Waals surface area contributed by atoms with Crippen LogP contribution in [0.2, 0.25) is 0 Å². The Balaban J connectivity index is 1.76. The maximum atomic E-state index is 13.6. The maximum absolute atomic E-state index is 13.6. The Morgan fingerprint density at radius 1 is 1.17 bits per heavy atom. The lowest BCUT2D eigenvalue weighted by atomic mass is 10.1. The van der Waals surface area contributed by atoms with Crippen LogP contribution in [0.25, 0.3) is 10.8 Å². The highest BCUT2D eigenvalue weighted by Gasteiger charge is 2.15. The van der Waals surface area contributed by atoms with Gasteiger partial charge in [-0.25, -0.2) is 4.39 Å². The van der Waals surface area contributed by atoms with Gasteiger partial charge in [-0.05, 0) is 23.6 Å². The van der Waals surface area contributed by atoms with E-state index < -0.39 is 17.8 Å². The van der Waals surface area contributed by atoms with Gasteiger partial charge in [0.25, 0.3) is 11.5 Å². The molecule has 3 N–H and O–H groups in total. The summed E-state index contributed by atoms with van der Waals surface area (Å²) in [4.78, 5) is 26.7. The monoisotopic (exact) mass is 326 g/mol. The van der Waals surface area contributed by atoms with Crippen molar-refractivity contribution in [2.45, 2.75) is 6.10 Å². The molecular formula is C18H15FN2O3. The number of aromatic amines is 1. The van der Waals surface area contributed by atoms with Crippen LogP contribution in [0.15, 0.2) is 59.4 Å². The second-order valence-corrected chi connectivity index (χ2v) is 5.35. The summed E-state index contributed by atoms with van der Waals surface area (Å²) in [5, 5.41) is 13.6. The molecule has 0 bridgehead atoms. The molecule has 2 aromatic carbocycles. The molecule has 6 heteroatoms. The smallest absolute Gasteiger partial charge is 0.267 e. The number of rotatable bonds is 4. The molecule has 3 aromatic rings. The summed E-state index contributed by atoms with van der Waals surface area (Å²) < 4.78 is 13.6. The van der Waals surface area contributed by atoms with E-state index in [1.54, 1.807) is 36.4 Å². The SMILES string of the molecule is O=C(NCC(O)c1ccccc1F)c1cc2ccccc2c(=O)[nH]1. The zero-order valence-electron chi connectivity index (χ0n) is 12.6. The van der Waals surface area contributed by atoms with E-state index in [0.29, 0.717) is 10.8 Å². The molecule has 24 heavy (non-hydrogen) atoms. The van der Waals surface area contributed by atoms with Crippen molar-refractivity contribution in [1.29, 1.82) is 0 Å². The number of carbonyl (C=O) groups excluding carboxylic acids is 1. The molecule has 0 aliphatic heterocycles. The van der Waals surface area contributed by atoms with Gasteiger partial charge in [0.05, 0.1) is 6.10 Å². The number of hydrogen-bond acceptors (Lipinski definition) is 3. The van der Waals surface area contributed by atoms with E-state index in [-0.39, 0.29) is 23.4 Å². The first kappa shape index (κ1) is 15.9. The number of hydrogen-bond donors (Lipinski definition) is 3. The first-order valence-electron chi connectivity index (χ1n) is 7.39. The van der Waals surface area contributed by atoms with Crippen LogP contribution in [0.4, 0.5) is 4.39 Å². The minimum Gasteiger partial charge on any atom is -0.386 e. The largest absolute Gasteiger partial charge is 0.386 e. The van der Waals surface area contributed by atoms with E-state index in [1.807, 2.05) is 0 Å². The Hall–Kier alpha value is -2.99. The molecule has 1 amide bonds. The van der Waals surface area contributed by atoms with Gasteiger partial charge in [0.1, 0.15) is 11.5 Å². The van der Waals surface area contributed by atoms with Gasteiger partial charge in [0, 0.05) is 17.5 Å². The highest BCUT2D eigenvalue weighted by atomic mass is 19.1. The molecule has 0 fully saturated rings. The Kier molecular flexibility index (Phi) is 4.39. The Morgan fingerprint density at radius 2 is 1.88 bits per heavy atom. The number of aromatic nitrogens is 1. The molecule has 0 spiro atoms. The van der Waals surface area contributed by atoms with Gasteiger partial charge in [-0.1, -0.05) is 36.4 Å². The Morgan fingerprint density at radius 3 is 2.67 bits per heavy atom. The lowest BCUT2D eigenvalue weighted by Gasteiger charge is -2.13. The number of pyridine rings is 1. The summed E-state index contributed by atoms with van der Waals surface area (Å²) in [6.45, 7) is -0.172. The number of halogens is 1. The van der Waals surface area contributed by atoms with Crippen molar-refractivity contribution >= 4 is 16.7 Å². The van der Waals surface area contributed by atoms with Crippen molar-refractivity contribution < 1.29 is 14.3 Å². The quantitative estimate of drug-likeness (QED) is 0.687. The van der Waals surface area contributed by atoms with Crippen LogP contribution in [-0.4, -0.2) is 22.5 Å². The molecule has 0 aliphatic rings. The van der Waals surface area contributed by atoms with Crippen LogP contribution in [0.3, 0.4) is 0 Å². The standard InChI is InChI=1S/C18H15FN2O3/c19-14-8-4-3-7-13(14)16(22)10-20-18(24)15-9-11-5-1-2-6-12(11)17(23)21-15/h1-9,16,22H,10H2,(H,20,24)(H,21,23). The molecule has 1 atom stereocenters. The van der Waals surface area contributed by atoms with E-state index in [2.05, 4.69) is 10.3 Å². The van der Waals surface area contributed by atoms with Gasteiger partial charge < -0.3 is 15.4 Å². The number of H-pyrrole nitrogens is 1. The number of nitrogens with one attached hydrogen (secondary N) is 2. The van der Waals surface area contributed by atoms with E-state index in [1.165, 1.54) is 18.2 Å². The molecule has 1 aromatic heterocycles. The molecular weight excluding hydrogens is 311 g/mol. The lowest BCUT2D eigenvalue weighted by molar-refractivity contribution is 0.0909. The van der Waals surface area contributed by atoms with Crippen molar-refractivity contribution in [2.75, 3.05) is 6.54 Å². The van der Waals surface area contributed by atoms with Crippen molar-refractivity contribution in [3.8, 4) is 0 Å². The summed E-state index contributed by atoms with van der Waals surface area (Å²) >= 11 is 0. The zero-order chi connectivity index (χ0) is 17.1. The second kappa shape index (κ2) is 6.64. The molecule has 0 saturated heterocycles. The van der Waals surface area contributed by atoms with Gasteiger partial charge in [0.15, 0.2) is 0 Å². The van der Waals surface area contributed by atoms with E-state index >= 15 is 0 Å². The van der Waals surface area contributed by atoms with E-state index in [0.717, 1.165) is 0 Å². The zero-order valence-corrected chi connectivity index (χ0v) is 12.6. The predicted octanol–water partition coefficient (Wildman–Crippen LogP) is 2.13. The summed E-state index contributed by atoms with van der Waals surface area (Å²) in [6, 6.07) is 14.3. The normalized spacial score (nSPS) is 12.1. The summed E-state index contributed by atoms with van der Waals surface area (Å²) in [5.74, 6) is -1.09. The van der Waals surface area contributed by atoms with Crippen LogP contribution in [-0.2, 0) is 0 Å². The van der Waals surface area contributed by atoms with E-state index in [9.17, 15) is 19.1 Å². The van der Waals surface area contributed by atoms with Crippen molar-refractivity contribution in [3.63, 3.8) is 0 Å². The van der Waals surface area contributed by atoms with Gasteiger partial charge in [-0.3, -0.25) is 9.59 Å².